The number of hydrogen-bond acceptors (Lipinski definition) is 5. The molecule has 7 heteroatoms. The summed E-state index contributed by atoms with van der Waals surface area (Å²) in [7, 11) is 0. The molecule has 0 saturated carbocycles. The molecule has 0 spiro atoms. The summed E-state index contributed by atoms with van der Waals surface area (Å²) in [6.07, 6.45) is 4.90. The minimum Gasteiger partial charge on any atom is -0.487 e. The Hall–Kier alpha value is -2.31. The average Bonchev–Trinajstić information content (AvgIpc) is 2.64. The van der Waals surface area contributed by atoms with Crippen molar-refractivity contribution in [3.8, 4) is 5.75 Å². The third kappa shape index (κ3) is 4.26. The van der Waals surface area contributed by atoms with Gasteiger partial charge in [0.2, 0.25) is 5.91 Å². The molecule has 7 nitrogen and oxygen atoms in total. The number of nitro groups is 1. The molecule has 2 aliphatic rings. The zero-order valence-electron chi connectivity index (χ0n) is 15.4. The van der Waals surface area contributed by atoms with Gasteiger partial charge in [-0.2, -0.15) is 0 Å². The Balaban J connectivity index is 1.60. The molecule has 1 amide bonds. The van der Waals surface area contributed by atoms with Gasteiger partial charge in [-0.05, 0) is 44.6 Å². The predicted molar refractivity (Wildman–Crippen MR) is 99.6 cm³/mol. The van der Waals surface area contributed by atoms with Gasteiger partial charge in [-0.25, -0.2) is 0 Å². The second-order valence-corrected chi connectivity index (χ2v) is 7.07. The Morgan fingerprint density at radius 2 is 2.00 bits per heavy atom. The predicted octanol–water partition coefficient (Wildman–Crippen LogP) is 3.22. The number of piperidine rings is 2. The summed E-state index contributed by atoms with van der Waals surface area (Å²) < 4.78 is 5.45. The fourth-order valence-corrected chi connectivity index (χ4v) is 3.86. The fraction of sp³-hybridized carbons (Fsp3) is 0.632. The van der Waals surface area contributed by atoms with Gasteiger partial charge in [-0.1, -0.05) is 0 Å². The molecule has 0 N–H and O–H groups in total. The van der Waals surface area contributed by atoms with Gasteiger partial charge in [0.15, 0.2) is 5.75 Å². The van der Waals surface area contributed by atoms with E-state index >= 15 is 0 Å². The fourth-order valence-electron chi connectivity index (χ4n) is 3.86. The van der Waals surface area contributed by atoms with Crippen LogP contribution in [0.1, 0.15) is 39.0 Å². The van der Waals surface area contributed by atoms with Crippen molar-refractivity contribution in [1.82, 2.24) is 4.90 Å². The van der Waals surface area contributed by atoms with E-state index in [-0.39, 0.29) is 5.69 Å². The van der Waals surface area contributed by atoms with Crippen LogP contribution < -0.4 is 9.64 Å². The summed E-state index contributed by atoms with van der Waals surface area (Å²) in [6.45, 7) is 5.79. The Bertz CT molecular complexity index is 656. The topological polar surface area (TPSA) is 75.9 Å². The van der Waals surface area contributed by atoms with Gasteiger partial charge in [0.1, 0.15) is 0 Å². The second-order valence-electron chi connectivity index (χ2n) is 7.07. The molecule has 0 bridgehead atoms. The number of likely N-dealkylation sites (tertiary alicyclic amines) is 1. The maximum Gasteiger partial charge on any atom is 0.311 e. The molecule has 2 saturated heterocycles. The standard InChI is InChI=1S/C19H27N3O4/c1-2-26-18-13-16(6-7-17(18)22(24)25)20-11-8-15(9-12-20)14-21-10-4-3-5-19(21)23/h6-7,13,15H,2-5,8-12,14H2,1H3. The first-order chi connectivity index (χ1) is 12.6. The Morgan fingerprint density at radius 1 is 1.23 bits per heavy atom. The highest BCUT2D eigenvalue weighted by Crippen LogP contribution is 2.33. The average molecular weight is 361 g/mol. The largest absolute Gasteiger partial charge is 0.487 e. The molecule has 0 aromatic heterocycles. The van der Waals surface area contributed by atoms with Crippen molar-refractivity contribution in [2.24, 2.45) is 5.92 Å². The van der Waals surface area contributed by atoms with Crippen LogP contribution in [0.25, 0.3) is 0 Å². The molecule has 1 aromatic carbocycles. The number of rotatable bonds is 6. The molecule has 26 heavy (non-hydrogen) atoms. The third-order valence-electron chi connectivity index (χ3n) is 5.32. The van der Waals surface area contributed by atoms with Crippen LogP contribution in [-0.4, -0.2) is 48.5 Å². The van der Waals surface area contributed by atoms with Gasteiger partial charge in [0.05, 0.1) is 11.5 Å². The first-order valence-electron chi connectivity index (χ1n) is 9.52. The monoisotopic (exact) mass is 361 g/mol. The smallest absolute Gasteiger partial charge is 0.311 e. The van der Waals surface area contributed by atoms with Crippen LogP contribution in [-0.2, 0) is 4.79 Å². The number of carbonyl (C=O) groups excluding carboxylic acids is 1. The van der Waals surface area contributed by atoms with Crippen LogP contribution >= 0.6 is 0 Å². The SMILES string of the molecule is CCOc1cc(N2CCC(CN3CCCCC3=O)CC2)ccc1[N+](=O)[O-]. The van der Waals surface area contributed by atoms with E-state index in [0.717, 1.165) is 57.5 Å². The number of benzene rings is 1. The van der Waals surface area contributed by atoms with Crippen LogP contribution in [0.15, 0.2) is 18.2 Å². The molecule has 3 rings (SSSR count). The van der Waals surface area contributed by atoms with Gasteiger partial charge in [-0.15, -0.1) is 0 Å². The van der Waals surface area contributed by atoms with Crippen molar-refractivity contribution in [2.75, 3.05) is 37.7 Å². The lowest BCUT2D eigenvalue weighted by molar-refractivity contribution is -0.385. The molecule has 0 atom stereocenters. The van der Waals surface area contributed by atoms with Crippen molar-refractivity contribution >= 4 is 17.3 Å². The molecule has 2 aliphatic heterocycles. The summed E-state index contributed by atoms with van der Waals surface area (Å²) in [6, 6.07) is 5.10. The maximum atomic E-state index is 12.0. The summed E-state index contributed by atoms with van der Waals surface area (Å²) in [4.78, 5) is 27.0. The van der Waals surface area contributed by atoms with E-state index in [2.05, 4.69) is 4.90 Å². The Morgan fingerprint density at radius 3 is 2.65 bits per heavy atom. The first-order valence-corrected chi connectivity index (χ1v) is 9.52. The van der Waals surface area contributed by atoms with E-state index in [9.17, 15) is 14.9 Å². The molecule has 0 radical (unpaired) electrons. The normalized spacial score (nSPS) is 18.9. The van der Waals surface area contributed by atoms with Crippen molar-refractivity contribution < 1.29 is 14.5 Å². The molecule has 142 valence electrons. The van der Waals surface area contributed by atoms with E-state index < -0.39 is 4.92 Å². The van der Waals surface area contributed by atoms with Gasteiger partial charge in [-0.3, -0.25) is 14.9 Å². The van der Waals surface area contributed by atoms with Crippen LogP contribution in [0.5, 0.6) is 5.75 Å². The number of nitrogens with zero attached hydrogens (tertiary/aromatic N) is 3. The Kier molecular flexibility index (Phi) is 5.96. The zero-order chi connectivity index (χ0) is 18.5. The number of nitro benzene ring substituents is 1. The Labute approximate surface area is 154 Å². The lowest BCUT2D eigenvalue weighted by atomic mass is 9.94. The number of anilines is 1. The summed E-state index contributed by atoms with van der Waals surface area (Å²) >= 11 is 0. The van der Waals surface area contributed by atoms with E-state index in [1.54, 1.807) is 12.1 Å². The van der Waals surface area contributed by atoms with Gasteiger partial charge in [0.25, 0.3) is 0 Å². The van der Waals surface area contributed by atoms with E-state index in [4.69, 9.17) is 4.74 Å². The second kappa shape index (κ2) is 8.38. The lowest BCUT2D eigenvalue weighted by Crippen LogP contribution is -2.42. The highest BCUT2D eigenvalue weighted by Gasteiger charge is 2.26. The summed E-state index contributed by atoms with van der Waals surface area (Å²) in [5.41, 5.74) is 0.973. The van der Waals surface area contributed by atoms with Crippen molar-refractivity contribution in [1.29, 1.82) is 0 Å². The van der Waals surface area contributed by atoms with Gasteiger partial charge in [0, 0.05) is 50.4 Å². The minimum absolute atomic E-state index is 0.00842. The van der Waals surface area contributed by atoms with E-state index in [1.165, 1.54) is 6.07 Å². The molecular weight excluding hydrogens is 334 g/mol. The number of carbonyl (C=O) groups is 1. The maximum absolute atomic E-state index is 12.0. The molecule has 2 heterocycles. The van der Waals surface area contributed by atoms with Crippen molar-refractivity contribution in [3.05, 3.63) is 28.3 Å². The van der Waals surface area contributed by atoms with Crippen molar-refractivity contribution in [3.63, 3.8) is 0 Å². The molecule has 0 aliphatic carbocycles. The quantitative estimate of drug-likeness (QED) is 0.574. The van der Waals surface area contributed by atoms with Crippen LogP contribution in [0.4, 0.5) is 11.4 Å². The van der Waals surface area contributed by atoms with Crippen LogP contribution in [0, 0.1) is 16.0 Å². The third-order valence-corrected chi connectivity index (χ3v) is 5.32. The molecular formula is C19H27N3O4. The number of amides is 1. The molecule has 1 aromatic rings. The summed E-state index contributed by atoms with van der Waals surface area (Å²) in [5, 5.41) is 11.1. The van der Waals surface area contributed by atoms with Gasteiger partial charge >= 0.3 is 5.69 Å². The number of ether oxygens (including phenoxy) is 1. The van der Waals surface area contributed by atoms with Crippen LogP contribution in [0.2, 0.25) is 0 Å². The first kappa shape index (κ1) is 18.5. The van der Waals surface area contributed by atoms with Gasteiger partial charge < -0.3 is 14.5 Å². The lowest BCUT2D eigenvalue weighted by Gasteiger charge is -2.37. The molecule has 0 unspecified atom stereocenters. The van der Waals surface area contributed by atoms with Crippen molar-refractivity contribution in [2.45, 2.75) is 39.0 Å². The van der Waals surface area contributed by atoms with Crippen LogP contribution in [0.3, 0.4) is 0 Å². The number of hydrogen-bond donors (Lipinski definition) is 0. The zero-order valence-corrected chi connectivity index (χ0v) is 15.4. The minimum atomic E-state index is -0.406. The van der Waals surface area contributed by atoms with E-state index in [1.807, 2.05) is 11.8 Å². The van der Waals surface area contributed by atoms with E-state index in [0.29, 0.717) is 30.6 Å². The highest BCUT2D eigenvalue weighted by molar-refractivity contribution is 5.76. The highest BCUT2D eigenvalue weighted by atomic mass is 16.6. The summed E-state index contributed by atoms with van der Waals surface area (Å²) in [5.74, 6) is 1.17. The molecule has 2 fully saturated rings.